The van der Waals surface area contributed by atoms with Crippen LogP contribution in [0.4, 0.5) is 0 Å². The Labute approximate surface area is 177 Å². The molecule has 1 aromatic carbocycles. The van der Waals surface area contributed by atoms with Crippen molar-refractivity contribution in [1.29, 1.82) is 0 Å². The van der Waals surface area contributed by atoms with E-state index in [0.29, 0.717) is 0 Å². The number of unbranched alkanes of at least 4 members (excludes halogenated alkanes) is 9. The zero-order valence-electron chi connectivity index (χ0n) is 18.3. The minimum absolute atomic E-state index is 0.723. The number of aromatic nitrogens is 2. The molecule has 1 heterocycles. The summed E-state index contributed by atoms with van der Waals surface area (Å²) in [6.45, 7) is 5.25. The van der Waals surface area contributed by atoms with Gasteiger partial charge in [-0.05, 0) is 37.1 Å². The van der Waals surface area contributed by atoms with Crippen molar-refractivity contribution in [2.45, 2.75) is 84.5 Å². The van der Waals surface area contributed by atoms with E-state index in [1.54, 1.807) is 0 Å². The molecular weight excluding hydrogens is 356 g/mol. The summed E-state index contributed by atoms with van der Waals surface area (Å²) in [5.74, 6) is 8.05. The fourth-order valence-electron chi connectivity index (χ4n) is 3.12. The van der Waals surface area contributed by atoms with Crippen molar-refractivity contribution < 1.29 is 4.74 Å². The van der Waals surface area contributed by atoms with Crippen molar-refractivity contribution in [3.05, 3.63) is 42.2 Å². The molecule has 0 bridgehead atoms. The van der Waals surface area contributed by atoms with E-state index in [1.165, 1.54) is 57.8 Å². The van der Waals surface area contributed by atoms with Gasteiger partial charge in [-0.1, -0.05) is 77.1 Å². The lowest BCUT2D eigenvalue weighted by Gasteiger charge is -2.06. The maximum absolute atomic E-state index is 5.79. The van der Waals surface area contributed by atoms with E-state index in [-0.39, 0.29) is 0 Å². The molecule has 0 N–H and O–H groups in total. The van der Waals surface area contributed by atoms with E-state index in [4.69, 9.17) is 4.74 Å². The average molecular weight is 393 g/mol. The molecular formula is C26H36N2O. The number of hydrogen-bond acceptors (Lipinski definition) is 3. The molecule has 0 spiro atoms. The zero-order chi connectivity index (χ0) is 20.6. The lowest BCUT2D eigenvalue weighted by molar-refractivity contribution is 0.305. The van der Waals surface area contributed by atoms with Gasteiger partial charge in [0.15, 0.2) is 5.82 Å². The van der Waals surface area contributed by atoms with Crippen molar-refractivity contribution in [3.63, 3.8) is 0 Å². The summed E-state index contributed by atoms with van der Waals surface area (Å²) >= 11 is 0. The van der Waals surface area contributed by atoms with E-state index in [1.807, 2.05) is 36.7 Å². The van der Waals surface area contributed by atoms with Gasteiger partial charge in [0.2, 0.25) is 0 Å². The van der Waals surface area contributed by atoms with Gasteiger partial charge in [0.25, 0.3) is 0 Å². The monoisotopic (exact) mass is 392 g/mol. The summed E-state index contributed by atoms with van der Waals surface area (Å²) in [6.07, 6.45) is 17.2. The molecule has 0 aliphatic heterocycles. The van der Waals surface area contributed by atoms with Gasteiger partial charge in [0.05, 0.1) is 12.2 Å². The Morgan fingerprint density at radius 3 is 2.07 bits per heavy atom. The van der Waals surface area contributed by atoms with Crippen molar-refractivity contribution in [2.24, 2.45) is 0 Å². The number of hydrogen-bond donors (Lipinski definition) is 0. The van der Waals surface area contributed by atoms with Crippen LogP contribution in [0.25, 0.3) is 11.4 Å². The molecule has 3 nitrogen and oxygen atoms in total. The number of ether oxygens (including phenoxy) is 1. The molecule has 0 atom stereocenters. The Kier molecular flexibility index (Phi) is 11.6. The number of nitrogens with zero attached hydrogens (tertiary/aromatic N) is 2. The average Bonchev–Trinajstić information content (AvgIpc) is 2.76. The maximum Gasteiger partial charge on any atom is 0.159 e. The zero-order valence-corrected chi connectivity index (χ0v) is 18.3. The minimum Gasteiger partial charge on any atom is -0.494 e. The molecule has 0 saturated carbocycles. The third-order valence-corrected chi connectivity index (χ3v) is 4.92. The topological polar surface area (TPSA) is 35.0 Å². The smallest absolute Gasteiger partial charge is 0.159 e. The molecule has 0 unspecified atom stereocenters. The second-order valence-electron chi connectivity index (χ2n) is 7.55. The van der Waals surface area contributed by atoms with Crippen LogP contribution in [0, 0.1) is 11.8 Å². The molecule has 2 rings (SSSR count). The lowest BCUT2D eigenvalue weighted by Crippen LogP contribution is -1.97. The fraction of sp³-hybridized carbons (Fsp3) is 0.538. The normalized spacial score (nSPS) is 10.4. The molecule has 0 saturated heterocycles. The Hall–Kier alpha value is -2.34. The third-order valence-electron chi connectivity index (χ3n) is 4.92. The summed E-state index contributed by atoms with van der Waals surface area (Å²) in [7, 11) is 0. The highest BCUT2D eigenvalue weighted by Crippen LogP contribution is 2.19. The van der Waals surface area contributed by atoms with Gasteiger partial charge < -0.3 is 4.74 Å². The van der Waals surface area contributed by atoms with E-state index < -0.39 is 0 Å². The molecule has 1 aromatic heterocycles. The van der Waals surface area contributed by atoms with Crippen LogP contribution in [0.5, 0.6) is 5.75 Å². The van der Waals surface area contributed by atoms with Gasteiger partial charge in [-0.25, -0.2) is 9.97 Å². The molecule has 29 heavy (non-hydrogen) atoms. The summed E-state index contributed by atoms with van der Waals surface area (Å²) in [5, 5.41) is 0. The molecule has 156 valence electrons. The largest absolute Gasteiger partial charge is 0.494 e. The van der Waals surface area contributed by atoms with E-state index in [0.717, 1.165) is 42.1 Å². The quantitative estimate of drug-likeness (QED) is 0.267. The molecule has 2 aromatic rings. The third kappa shape index (κ3) is 9.61. The Morgan fingerprint density at radius 2 is 1.38 bits per heavy atom. The van der Waals surface area contributed by atoms with Crippen LogP contribution in [0.3, 0.4) is 0 Å². The van der Waals surface area contributed by atoms with Crippen LogP contribution >= 0.6 is 0 Å². The van der Waals surface area contributed by atoms with Crippen molar-refractivity contribution in [2.75, 3.05) is 6.61 Å². The summed E-state index contributed by atoms with van der Waals surface area (Å²) in [5.41, 5.74) is 1.88. The van der Waals surface area contributed by atoms with Crippen molar-refractivity contribution in [1.82, 2.24) is 9.97 Å². The van der Waals surface area contributed by atoms with Gasteiger partial charge in [-0.2, -0.15) is 0 Å². The molecule has 0 aliphatic rings. The summed E-state index contributed by atoms with van der Waals surface area (Å²) in [4.78, 5) is 8.94. The highest BCUT2D eigenvalue weighted by atomic mass is 16.5. The van der Waals surface area contributed by atoms with Crippen LogP contribution in [-0.2, 0) is 0 Å². The molecule has 0 radical (unpaired) electrons. The Balaban J connectivity index is 1.74. The number of rotatable bonds is 13. The van der Waals surface area contributed by atoms with Gasteiger partial charge in [0.1, 0.15) is 5.75 Å². The Bertz CT molecular complexity index is 726. The Morgan fingerprint density at radius 1 is 0.759 bits per heavy atom. The first kappa shape index (κ1) is 22.9. The second-order valence-corrected chi connectivity index (χ2v) is 7.55. The van der Waals surface area contributed by atoms with Crippen LogP contribution < -0.4 is 4.74 Å². The van der Waals surface area contributed by atoms with Gasteiger partial charge >= 0.3 is 0 Å². The van der Waals surface area contributed by atoms with Crippen LogP contribution in [-0.4, -0.2) is 16.6 Å². The van der Waals surface area contributed by atoms with Gasteiger partial charge in [0, 0.05) is 24.4 Å². The number of benzene rings is 1. The first-order chi connectivity index (χ1) is 14.3. The second kappa shape index (κ2) is 14.6. The fourth-order valence-corrected chi connectivity index (χ4v) is 3.12. The molecule has 0 fully saturated rings. The van der Waals surface area contributed by atoms with Crippen LogP contribution in [0.15, 0.2) is 36.7 Å². The van der Waals surface area contributed by atoms with Gasteiger partial charge in [-0.3, -0.25) is 0 Å². The van der Waals surface area contributed by atoms with Crippen molar-refractivity contribution in [3.8, 4) is 29.0 Å². The highest BCUT2D eigenvalue weighted by molar-refractivity contribution is 5.56. The molecule has 0 amide bonds. The van der Waals surface area contributed by atoms with Crippen molar-refractivity contribution >= 4 is 0 Å². The first-order valence-electron chi connectivity index (χ1n) is 11.4. The standard InChI is InChI=1S/C26H36N2O/c1-3-5-7-9-10-11-12-13-15-23-21-27-26(28-22-23)24-16-18-25(19-17-24)29-20-14-8-6-4-2/h16-19,21-22H,3-12,14,20H2,1-2H3. The minimum atomic E-state index is 0.723. The first-order valence-corrected chi connectivity index (χ1v) is 11.4. The lowest BCUT2D eigenvalue weighted by atomic mass is 10.1. The van der Waals surface area contributed by atoms with Crippen LogP contribution in [0.1, 0.15) is 90.0 Å². The predicted octanol–water partition coefficient (Wildman–Crippen LogP) is 7.20. The molecule has 3 heteroatoms. The SMILES string of the molecule is CCCCCCCCC#Cc1cnc(-c2ccc(OCCCCCC)cc2)nc1. The predicted molar refractivity (Wildman–Crippen MR) is 122 cm³/mol. The van der Waals surface area contributed by atoms with E-state index in [2.05, 4.69) is 35.7 Å². The van der Waals surface area contributed by atoms with Crippen LogP contribution in [0.2, 0.25) is 0 Å². The summed E-state index contributed by atoms with van der Waals surface area (Å²) < 4.78 is 5.79. The van der Waals surface area contributed by atoms with Gasteiger partial charge in [-0.15, -0.1) is 0 Å². The summed E-state index contributed by atoms with van der Waals surface area (Å²) in [6, 6.07) is 8.01. The molecule has 0 aliphatic carbocycles. The van der Waals surface area contributed by atoms with E-state index in [9.17, 15) is 0 Å². The maximum atomic E-state index is 5.79. The van der Waals surface area contributed by atoms with E-state index >= 15 is 0 Å². The highest BCUT2D eigenvalue weighted by Gasteiger charge is 2.02.